The number of fused-ring (bicyclic) bond motifs is 1. The van der Waals surface area contributed by atoms with Crippen molar-refractivity contribution in [2.75, 3.05) is 13.1 Å². The molecule has 1 saturated heterocycles. The number of ether oxygens (including phenoxy) is 1. The van der Waals surface area contributed by atoms with Crippen LogP contribution in [0.15, 0.2) is 51.7 Å². The summed E-state index contributed by atoms with van der Waals surface area (Å²) in [6.45, 7) is 2.20. The van der Waals surface area contributed by atoms with Crippen molar-refractivity contribution in [3.8, 4) is 16.9 Å². The molecule has 1 aromatic heterocycles. The molecule has 1 fully saturated rings. The van der Waals surface area contributed by atoms with Crippen molar-refractivity contribution in [1.82, 2.24) is 4.90 Å². The number of aliphatic carboxylic acids is 1. The lowest BCUT2D eigenvalue weighted by atomic mass is 9.98. The zero-order valence-corrected chi connectivity index (χ0v) is 18.5. The highest BCUT2D eigenvalue weighted by Crippen LogP contribution is 2.35. The predicted octanol–water partition coefficient (Wildman–Crippen LogP) is 4.34. The van der Waals surface area contributed by atoms with Crippen LogP contribution in [0.1, 0.15) is 19.8 Å². The Bertz CT molecular complexity index is 1290. The van der Waals surface area contributed by atoms with Gasteiger partial charge in [0.15, 0.2) is 6.10 Å². The monoisotopic (exact) mass is 473 g/mol. The van der Waals surface area contributed by atoms with Crippen LogP contribution in [-0.4, -0.2) is 41.1 Å². The Morgan fingerprint density at radius 2 is 2.03 bits per heavy atom. The van der Waals surface area contributed by atoms with Gasteiger partial charge in [0.05, 0.1) is 10.9 Å². The highest BCUT2D eigenvalue weighted by atomic mass is 35.5. The van der Waals surface area contributed by atoms with Crippen LogP contribution >= 0.6 is 11.6 Å². The summed E-state index contributed by atoms with van der Waals surface area (Å²) in [6.07, 6.45) is 0.278. The summed E-state index contributed by atoms with van der Waals surface area (Å²) >= 11 is 6.11. The number of hydrogen-bond donors (Lipinski definition) is 1. The first-order valence-corrected chi connectivity index (χ1v) is 10.8. The molecule has 0 bridgehead atoms. The minimum atomic E-state index is -0.917. The number of piperidine rings is 1. The van der Waals surface area contributed by atoms with Gasteiger partial charge in [-0.05, 0) is 38.0 Å². The van der Waals surface area contributed by atoms with E-state index in [2.05, 4.69) is 0 Å². The second kappa shape index (κ2) is 9.23. The predicted molar refractivity (Wildman–Crippen MR) is 120 cm³/mol. The number of carbonyl (C=O) groups excluding carboxylic acids is 1. The Kier molecular flexibility index (Phi) is 6.37. The minimum Gasteiger partial charge on any atom is -0.481 e. The van der Waals surface area contributed by atoms with Crippen molar-refractivity contribution < 1.29 is 28.2 Å². The van der Waals surface area contributed by atoms with Crippen LogP contribution in [0.4, 0.5) is 4.39 Å². The molecule has 172 valence electrons. The van der Waals surface area contributed by atoms with Gasteiger partial charge in [0.2, 0.25) is 0 Å². The lowest BCUT2D eigenvalue weighted by Gasteiger charge is -2.32. The summed E-state index contributed by atoms with van der Waals surface area (Å²) in [6, 6.07) is 10.3. The van der Waals surface area contributed by atoms with E-state index in [1.165, 1.54) is 29.2 Å². The summed E-state index contributed by atoms with van der Waals surface area (Å²) in [5, 5.41) is 9.65. The van der Waals surface area contributed by atoms with Crippen molar-refractivity contribution in [2.24, 2.45) is 5.92 Å². The largest absolute Gasteiger partial charge is 0.481 e. The average Bonchev–Trinajstić information content (AvgIpc) is 2.79. The second-order valence-corrected chi connectivity index (χ2v) is 8.34. The highest BCUT2D eigenvalue weighted by Gasteiger charge is 2.31. The van der Waals surface area contributed by atoms with Crippen molar-refractivity contribution >= 4 is 34.4 Å². The van der Waals surface area contributed by atoms with Crippen LogP contribution in [0.2, 0.25) is 5.02 Å². The molecular weight excluding hydrogens is 453 g/mol. The third-order valence-corrected chi connectivity index (χ3v) is 6.08. The summed E-state index contributed by atoms with van der Waals surface area (Å²) in [5.74, 6) is -2.13. The second-order valence-electron chi connectivity index (χ2n) is 7.96. The summed E-state index contributed by atoms with van der Waals surface area (Å²) in [5.41, 5.74) is 0.311. The first kappa shape index (κ1) is 22.8. The molecule has 3 aromatic rings. The van der Waals surface area contributed by atoms with E-state index < -0.39 is 29.4 Å². The standard InChI is InChI=1S/C24H21ClFNO6/c1-13(23(29)27-9-3-4-14(12-27)24(30)31)32-15-7-8-16-18(11-21(28)33-20(16)10-15)17-5-2-6-19(26)22(17)25/h2,5-8,10-11,13-14H,3-4,9,12H2,1H3,(H,30,31)/t13?,14-/m0/s1. The van der Waals surface area contributed by atoms with E-state index in [1.807, 2.05) is 0 Å². The normalized spacial score (nSPS) is 17.1. The SMILES string of the molecule is CC(Oc1ccc2c(-c3cccc(F)c3Cl)cc(=O)oc2c1)C(=O)N1CCC[C@H](C(=O)O)C1. The third-order valence-electron chi connectivity index (χ3n) is 5.70. The zero-order chi connectivity index (χ0) is 23.7. The molecule has 2 atom stereocenters. The smallest absolute Gasteiger partial charge is 0.336 e. The van der Waals surface area contributed by atoms with Gasteiger partial charge in [0.25, 0.3) is 5.91 Å². The lowest BCUT2D eigenvalue weighted by molar-refractivity contribution is -0.147. The van der Waals surface area contributed by atoms with E-state index in [4.69, 9.17) is 20.8 Å². The Morgan fingerprint density at radius 3 is 2.79 bits per heavy atom. The molecule has 33 heavy (non-hydrogen) atoms. The Hall–Kier alpha value is -3.39. The number of rotatable bonds is 5. The first-order valence-electron chi connectivity index (χ1n) is 10.4. The van der Waals surface area contributed by atoms with E-state index >= 15 is 0 Å². The van der Waals surface area contributed by atoms with Gasteiger partial charge in [-0.2, -0.15) is 0 Å². The molecule has 1 aliphatic heterocycles. The zero-order valence-electron chi connectivity index (χ0n) is 17.7. The van der Waals surface area contributed by atoms with E-state index in [-0.39, 0.29) is 23.1 Å². The number of carboxylic acid groups (broad SMARTS) is 1. The average molecular weight is 474 g/mol. The molecule has 1 amide bonds. The van der Waals surface area contributed by atoms with Crippen LogP contribution in [-0.2, 0) is 9.59 Å². The number of halogens is 2. The molecule has 0 aliphatic carbocycles. The van der Waals surface area contributed by atoms with Crippen LogP contribution in [0, 0.1) is 11.7 Å². The fraction of sp³-hybridized carbons (Fsp3) is 0.292. The number of carboxylic acids is 1. The third kappa shape index (κ3) is 4.71. The lowest BCUT2D eigenvalue weighted by Crippen LogP contribution is -2.47. The molecule has 2 heterocycles. The fourth-order valence-electron chi connectivity index (χ4n) is 4.04. The van der Waals surface area contributed by atoms with Crippen LogP contribution in [0.5, 0.6) is 5.75 Å². The molecule has 0 saturated carbocycles. The summed E-state index contributed by atoms with van der Waals surface area (Å²) in [4.78, 5) is 37.7. The molecule has 7 nitrogen and oxygen atoms in total. The number of benzene rings is 2. The molecule has 4 rings (SSSR count). The van der Waals surface area contributed by atoms with Gasteiger partial charge < -0.3 is 19.2 Å². The van der Waals surface area contributed by atoms with Crippen molar-refractivity contribution in [3.05, 3.63) is 63.7 Å². The number of nitrogens with zero attached hydrogens (tertiary/aromatic N) is 1. The van der Waals surface area contributed by atoms with Crippen LogP contribution in [0.25, 0.3) is 22.1 Å². The Morgan fingerprint density at radius 1 is 1.24 bits per heavy atom. The van der Waals surface area contributed by atoms with Gasteiger partial charge in [-0.25, -0.2) is 9.18 Å². The number of amides is 1. The summed E-state index contributed by atoms with van der Waals surface area (Å²) in [7, 11) is 0. The first-order chi connectivity index (χ1) is 15.7. The molecule has 0 spiro atoms. The topological polar surface area (TPSA) is 97.0 Å². The van der Waals surface area contributed by atoms with Gasteiger partial charge in [-0.15, -0.1) is 0 Å². The van der Waals surface area contributed by atoms with Crippen LogP contribution in [0.3, 0.4) is 0 Å². The molecule has 1 aliphatic rings. The molecule has 9 heteroatoms. The van der Waals surface area contributed by atoms with Gasteiger partial charge >= 0.3 is 11.6 Å². The Balaban J connectivity index is 1.60. The highest BCUT2D eigenvalue weighted by molar-refractivity contribution is 6.33. The maximum atomic E-state index is 13.9. The van der Waals surface area contributed by atoms with E-state index in [0.717, 1.165) is 0 Å². The quantitative estimate of drug-likeness (QED) is 0.553. The maximum Gasteiger partial charge on any atom is 0.336 e. The molecule has 1 unspecified atom stereocenters. The molecular formula is C24H21ClFNO6. The maximum absolute atomic E-state index is 13.9. The van der Waals surface area contributed by atoms with E-state index in [1.54, 1.807) is 25.1 Å². The minimum absolute atomic E-state index is 0.106. The number of hydrogen-bond acceptors (Lipinski definition) is 5. The number of likely N-dealkylation sites (tertiary alicyclic amines) is 1. The summed E-state index contributed by atoms with van der Waals surface area (Å²) < 4.78 is 25.0. The molecule has 2 aromatic carbocycles. The van der Waals surface area contributed by atoms with Gasteiger partial charge in [0.1, 0.15) is 17.1 Å². The van der Waals surface area contributed by atoms with Crippen molar-refractivity contribution in [1.29, 1.82) is 0 Å². The molecule has 1 N–H and O–H groups in total. The van der Waals surface area contributed by atoms with Crippen molar-refractivity contribution in [3.63, 3.8) is 0 Å². The van der Waals surface area contributed by atoms with Gasteiger partial charge in [-0.3, -0.25) is 9.59 Å². The molecule has 0 radical (unpaired) electrons. The van der Waals surface area contributed by atoms with Gasteiger partial charge in [-0.1, -0.05) is 23.7 Å². The number of carbonyl (C=O) groups is 2. The van der Waals surface area contributed by atoms with Gasteiger partial charge in [0, 0.05) is 41.7 Å². The Labute approximate surface area is 193 Å². The van der Waals surface area contributed by atoms with E-state index in [0.29, 0.717) is 41.6 Å². The van der Waals surface area contributed by atoms with Crippen LogP contribution < -0.4 is 10.4 Å². The van der Waals surface area contributed by atoms with E-state index in [9.17, 15) is 23.9 Å². The fourth-order valence-corrected chi connectivity index (χ4v) is 4.27. The van der Waals surface area contributed by atoms with Crippen molar-refractivity contribution in [2.45, 2.75) is 25.9 Å².